The molecular formula is C5H10ClN. The molecule has 1 nitrogen and oxygen atoms in total. The maximum Gasteiger partial charge on any atom is 0.0595 e. The van der Waals surface area contributed by atoms with Gasteiger partial charge < -0.3 is 5.73 Å². The van der Waals surface area contributed by atoms with E-state index in [-0.39, 0.29) is 10.9 Å². The van der Waals surface area contributed by atoms with Crippen molar-refractivity contribution in [3.63, 3.8) is 0 Å². The summed E-state index contributed by atoms with van der Waals surface area (Å²) in [4.78, 5) is 0. The molecule has 1 aliphatic carbocycles. The van der Waals surface area contributed by atoms with Gasteiger partial charge in [-0.15, -0.1) is 11.6 Å². The number of hydrogen-bond acceptors (Lipinski definition) is 1. The van der Waals surface area contributed by atoms with Crippen LogP contribution in [-0.4, -0.2) is 10.9 Å². The number of rotatable bonds is 1. The van der Waals surface area contributed by atoms with Gasteiger partial charge >= 0.3 is 0 Å². The zero-order valence-corrected chi connectivity index (χ0v) is 5.20. The Morgan fingerprint density at radius 3 is 2.14 bits per heavy atom. The summed E-state index contributed by atoms with van der Waals surface area (Å²) in [6, 6.07) is 0.175. The first-order chi connectivity index (χ1) is 3.15. The van der Waals surface area contributed by atoms with Crippen molar-refractivity contribution in [2.45, 2.75) is 30.7 Å². The summed E-state index contributed by atoms with van der Waals surface area (Å²) in [6.45, 7) is 1.96. The second-order valence-corrected chi connectivity index (χ2v) is 3.08. The van der Waals surface area contributed by atoms with Crippen LogP contribution in [-0.2, 0) is 0 Å². The van der Waals surface area contributed by atoms with Gasteiger partial charge in [0.1, 0.15) is 0 Å². The van der Waals surface area contributed by atoms with E-state index in [4.69, 9.17) is 17.3 Å². The van der Waals surface area contributed by atoms with Crippen molar-refractivity contribution in [3.05, 3.63) is 0 Å². The Kier molecular flexibility index (Phi) is 1.05. The minimum Gasteiger partial charge on any atom is -0.326 e. The molecule has 0 aromatic carbocycles. The van der Waals surface area contributed by atoms with Crippen LogP contribution in [0.15, 0.2) is 0 Å². The van der Waals surface area contributed by atoms with E-state index in [1.165, 1.54) is 0 Å². The summed E-state index contributed by atoms with van der Waals surface area (Å²) >= 11 is 5.85. The Bertz CT molecular complexity index is 76.1. The van der Waals surface area contributed by atoms with Crippen LogP contribution in [0.3, 0.4) is 0 Å². The predicted molar refractivity (Wildman–Crippen MR) is 31.5 cm³/mol. The molecule has 0 bridgehead atoms. The van der Waals surface area contributed by atoms with E-state index in [0.717, 1.165) is 12.8 Å². The number of hydrogen-bond donors (Lipinski definition) is 1. The minimum atomic E-state index is 0. The Labute approximate surface area is 48.8 Å². The first-order valence-corrected chi connectivity index (χ1v) is 2.97. The van der Waals surface area contributed by atoms with Crippen LogP contribution in [0.4, 0.5) is 0 Å². The highest BCUT2D eigenvalue weighted by atomic mass is 35.5. The summed E-state index contributed by atoms with van der Waals surface area (Å²) in [5, 5.41) is 0. The molecular weight excluding hydrogens is 110 g/mol. The van der Waals surface area contributed by atoms with E-state index < -0.39 is 0 Å². The summed E-state index contributed by atoms with van der Waals surface area (Å²) in [6.07, 6.45) is 2.21. The van der Waals surface area contributed by atoms with Crippen molar-refractivity contribution in [1.82, 2.24) is 0 Å². The predicted octanol–water partition coefficient (Wildman–Crippen LogP) is 1.10. The third-order valence-corrected chi connectivity index (χ3v) is 2.27. The van der Waals surface area contributed by atoms with Crippen molar-refractivity contribution in [3.8, 4) is 0 Å². The average molecular weight is 120 g/mol. The van der Waals surface area contributed by atoms with Crippen molar-refractivity contribution < 1.29 is 0 Å². The smallest absolute Gasteiger partial charge is 0.0595 e. The molecule has 2 N–H and O–H groups in total. The van der Waals surface area contributed by atoms with Crippen LogP contribution in [0.2, 0.25) is 0 Å². The molecule has 0 heterocycles. The fourth-order valence-corrected chi connectivity index (χ4v) is 0.669. The monoisotopic (exact) mass is 119 g/mol. The second kappa shape index (κ2) is 1.36. The van der Waals surface area contributed by atoms with Gasteiger partial charge in [-0.25, -0.2) is 0 Å². The maximum absolute atomic E-state index is 5.85. The molecule has 1 atom stereocenters. The minimum absolute atomic E-state index is 0. The Morgan fingerprint density at radius 1 is 1.71 bits per heavy atom. The molecule has 1 rings (SSSR count). The maximum atomic E-state index is 5.85. The zero-order chi connectivity index (χ0) is 5.49. The lowest BCUT2D eigenvalue weighted by Gasteiger charge is -2.08. The lowest BCUT2D eigenvalue weighted by molar-refractivity contribution is 0.681. The number of nitrogens with two attached hydrogens (primary N) is 1. The molecule has 42 valence electrons. The summed E-state index contributed by atoms with van der Waals surface area (Å²) in [5.41, 5.74) is 5.50. The first kappa shape index (κ1) is 5.39. The number of alkyl halides is 1. The van der Waals surface area contributed by atoms with E-state index in [1.54, 1.807) is 0 Å². The molecule has 1 saturated carbocycles. The molecule has 0 aromatic heterocycles. The van der Waals surface area contributed by atoms with Gasteiger partial charge in [0.25, 0.3) is 0 Å². The summed E-state index contributed by atoms with van der Waals surface area (Å²) < 4.78 is 0. The van der Waals surface area contributed by atoms with Crippen molar-refractivity contribution in [1.29, 1.82) is 0 Å². The van der Waals surface area contributed by atoms with Crippen molar-refractivity contribution in [2.24, 2.45) is 5.73 Å². The van der Waals surface area contributed by atoms with Gasteiger partial charge in [0.05, 0.1) is 4.87 Å². The highest BCUT2D eigenvalue weighted by Crippen LogP contribution is 2.44. The SMILES string of the molecule is CC(N)C1(Cl)CC1. The van der Waals surface area contributed by atoms with Gasteiger partial charge in [0.15, 0.2) is 0 Å². The van der Waals surface area contributed by atoms with Crippen LogP contribution >= 0.6 is 11.6 Å². The van der Waals surface area contributed by atoms with Crippen LogP contribution < -0.4 is 5.73 Å². The molecule has 0 radical (unpaired) electrons. The van der Waals surface area contributed by atoms with Gasteiger partial charge in [-0.2, -0.15) is 0 Å². The van der Waals surface area contributed by atoms with E-state index in [0.29, 0.717) is 0 Å². The normalized spacial score (nSPS) is 29.6. The molecule has 1 unspecified atom stereocenters. The quantitative estimate of drug-likeness (QED) is 0.514. The highest BCUT2D eigenvalue weighted by Gasteiger charge is 2.43. The zero-order valence-electron chi connectivity index (χ0n) is 4.45. The topological polar surface area (TPSA) is 26.0 Å². The molecule has 1 aliphatic rings. The molecule has 2 heteroatoms. The lowest BCUT2D eigenvalue weighted by atomic mass is 10.2. The van der Waals surface area contributed by atoms with Crippen LogP contribution in [0, 0.1) is 0 Å². The van der Waals surface area contributed by atoms with Gasteiger partial charge in [-0.1, -0.05) is 0 Å². The average Bonchev–Trinajstić information content (AvgIpc) is 2.21. The lowest BCUT2D eigenvalue weighted by Crippen LogP contribution is -2.28. The Morgan fingerprint density at radius 2 is 2.14 bits per heavy atom. The van der Waals surface area contributed by atoms with E-state index in [9.17, 15) is 0 Å². The Hall–Kier alpha value is 0.250. The third-order valence-electron chi connectivity index (χ3n) is 1.54. The summed E-state index contributed by atoms with van der Waals surface area (Å²) in [7, 11) is 0. The van der Waals surface area contributed by atoms with E-state index in [2.05, 4.69) is 0 Å². The molecule has 0 saturated heterocycles. The number of halogens is 1. The van der Waals surface area contributed by atoms with Crippen molar-refractivity contribution >= 4 is 11.6 Å². The second-order valence-electron chi connectivity index (χ2n) is 2.32. The van der Waals surface area contributed by atoms with Gasteiger partial charge in [-0.3, -0.25) is 0 Å². The van der Waals surface area contributed by atoms with E-state index in [1.807, 2.05) is 6.92 Å². The Balaban J connectivity index is 2.39. The first-order valence-electron chi connectivity index (χ1n) is 2.60. The molecule has 0 aliphatic heterocycles. The van der Waals surface area contributed by atoms with Crippen molar-refractivity contribution in [2.75, 3.05) is 0 Å². The molecule has 0 amide bonds. The van der Waals surface area contributed by atoms with Gasteiger partial charge in [0, 0.05) is 6.04 Å². The third kappa shape index (κ3) is 0.892. The van der Waals surface area contributed by atoms with Crippen LogP contribution in [0.25, 0.3) is 0 Å². The van der Waals surface area contributed by atoms with Crippen LogP contribution in [0.5, 0.6) is 0 Å². The standard InChI is InChI=1S/C5H10ClN/c1-4(7)5(6)2-3-5/h4H,2-3,7H2,1H3. The molecule has 0 spiro atoms. The fraction of sp³-hybridized carbons (Fsp3) is 1.00. The van der Waals surface area contributed by atoms with Gasteiger partial charge in [0.2, 0.25) is 0 Å². The summed E-state index contributed by atoms with van der Waals surface area (Å²) in [5.74, 6) is 0. The molecule has 0 aromatic rings. The van der Waals surface area contributed by atoms with E-state index >= 15 is 0 Å². The highest BCUT2D eigenvalue weighted by molar-refractivity contribution is 6.26. The molecule has 7 heavy (non-hydrogen) atoms. The largest absolute Gasteiger partial charge is 0.326 e. The van der Waals surface area contributed by atoms with Gasteiger partial charge in [-0.05, 0) is 19.8 Å². The van der Waals surface area contributed by atoms with Crippen LogP contribution in [0.1, 0.15) is 19.8 Å². The molecule has 1 fully saturated rings. The fourth-order valence-electron chi connectivity index (χ4n) is 0.575.